The lowest BCUT2D eigenvalue weighted by Crippen LogP contribution is -2.57. The van der Waals surface area contributed by atoms with Crippen molar-refractivity contribution in [2.45, 2.75) is 12.5 Å². The van der Waals surface area contributed by atoms with Crippen LogP contribution in [0.4, 0.5) is 0 Å². The van der Waals surface area contributed by atoms with Crippen LogP contribution in [0, 0.1) is 0 Å². The minimum absolute atomic E-state index is 0.101. The molecule has 0 bridgehead atoms. The number of nitrogens with one attached hydrogen (secondary N) is 1. The molecule has 1 fully saturated rings. The Balaban J connectivity index is 1.82. The molecule has 20 heavy (non-hydrogen) atoms. The molecule has 2 rings (SSSR count). The van der Waals surface area contributed by atoms with E-state index >= 15 is 0 Å². The molecule has 1 unspecified atom stereocenters. The minimum Gasteiger partial charge on any atom is -0.354 e. The van der Waals surface area contributed by atoms with Gasteiger partial charge in [-0.15, -0.1) is 0 Å². The van der Waals surface area contributed by atoms with Gasteiger partial charge in [-0.2, -0.15) is 0 Å². The Morgan fingerprint density at radius 3 is 2.80 bits per heavy atom. The molecule has 2 amide bonds. The molecule has 1 aliphatic heterocycles. The molecule has 1 N–H and O–H groups in total. The molecule has 1 saturated heterocycles. The number of carbonyl (C=O) groups is 1. The summed E-state index contributed by atoms with van der Waals surface area (Å²) in [5, 5.41) is 2.90. The highest BCUT2D eigenvalue weighted by Crippen LogP contribution is 2.06. The average molecular weight is 274 g/mol. The molecular formula is C15H20N3O2. The fourth-order valence-electron chi connectivity index (χ4n) is 2.35. The van der Waals surface area contributed by atoms with Crippen molar-refractivity contribution < 1.29 is 9.59 Å². The molecule has 1 atom stereocenters. The van der Waals surface area contributed by atoms with Gasteiger partial charge in [0.2, 0.25) is 5.91 Å². The molecule has 0 saturated carbocycles. The third-order valence-electron chi connectivity index (χ3n) is 3.56. The van der Waals surface area contributed by atoms with E-state index in [9.17, 15) is 9.59 Å². The van der Waals surface area contributed by atoms with E-state index in [0.717, 1.165) is 13.0 Å². The number of carbonyl (C=O) groups excluding carboxylic acids is 2. The second-order valence-corrected chi connectivity index (χ2v) is 5.09. The maximum atomic E-state index is 12.1. The standard InChI is InChI=1S/C15H20N3O2/c1-17-9-10-18(12-19)14(11-17)15(20)16-8-7-13-5-3-2-4-6-13/h2-6,14H,7-11H2,1H3,(H,16,20). The number of piperazine rings is 1. The highest BCUT2D eigenvalue weighted by molar-refractivity contribution is 5.84. The molecule has 1 aliphatic rings. The summed E-state index contributed by atoms with van der Waals surface area (Å²) in [7, 11) is 1.95. The summed E-state index contributed by atoms with van der Waals surface area (Å²) in [6.07, 6.45) is 2.65. The van der Waals surface area contributed by atoms with Crippen molar-refractivity contribution >= 4 is 12.3 Å². The van der Waals surface area contributed by atoms with Crippen molar-refractivity contribution in [3.8, 4) is 0 Å². The zero-order valence-electron chi connectivity index (χ0n) is 11.7. The molecule has 1 heterocycles. The van der Waals surface area contributed by atoms with Crippen molar-refractivity contribution in [1.29, 1.82) is 0 Å². The first-order valence-electron chi connectivity index (χ1n) is 6.85. The lowest BCUT2D eigenvalue weighted by atomic mass is 10.1. The lowest BCUT2D eigenvalue weighted by Gasteiger charge is -2.36. The van der Waals surface area contributed by atoms with Gasteiger partial charge in [0, 0.05) is 26.2 Å². The van der Waals surface area contributed by atoms with E-state index in [2.05, 4.69) is 10.2 Å². The fraction of sp³-hybridized carbons (Fsp3) is 0.467. The molecule has 107 valence electrons. The Morgan fingerprint density at radius 1 is 1.35 bits per heavy atom. The van der Waals surface area contributed by atoms with Gasteiger partial charge in [0.25, 0.3) is 0 Å². The highest BCUT2D eigenvalue weighted by Gasteiger charge is 2.30. The highest BCUT2D eigenvalue weighted by atomic mass is 16.2. The van der Waals surface area contributed by atoms with Crippen molar-refractivity contribution in [2.24, 2.45) is 0 Å². The number of likely N-dealkylation sites (N-methyl/N-ethyl adjacent to an activating group) is 1. The van der Waals surface area contributed by atoms with Crippen molar-refractivity contribution in [1.82, 2.24) is 15.1 Å². The molecule has 1 aromatic carbocycles. The first kappa shape index (κ1) is 14.5. The van der Waals surface area contributed by atoms with Gasteiger partial charge in [-0.1, -0.05) is 30.3 Å². The monoisotopic (exact) mass is 274 g/mol. The second-order valence-electron chi connectivity index (χ2n) is 5.09. The molecule has 5 nitrogen and oxygen atoms in total. The lowest BCUT2D eigenvalue weighted by molar-refractivity contribution is -0.126. The quantitative estimate of drug-likeness (QED) is 0.824. The number of hydrogen-bond acceptors (Lipinski definition) is 3. The number of amides is 2. The van der Waals surface area contributed by atoms with Gasteiger partial charge in [0.1, 0.15) is 6.04 Å². The van der Waals surface area contributed by atoms with Crippen LogP contribution in [0.1, 0.15) is 5.56 Å². The van der Waals surface area contributed by atoms with E-state index in [4.69, 9.17) is 0 Å². The zero-order valence-corrected chi connectivity index (χ0v) is 11.7. The Kier molecular flexibility index (Phi) is 5.12. The van der Waals surface area contributed by atoms with E-state index in [1.165, 1.54) is 10.5 Å². The summed E-state index contributed by atoms with van der Waals surface area (Å²) in [4.78, 5) is 26.5. The molecule has 0 spiro atoms. The summed E-state index contributed by atoms with van der Waals surface area (Å²) in [6, 6.07) is 9.57. The van der Waals surface area contributed by atoms with Crippen molar-refractivity contribution in [2.75, 3.05) is 33.2 Å². The zero-order chi connectivity index (χ0) is 14.4. The molecule has 0 aromatic heterocycles. The first-order chi connectivity index (χ1) is 9.70. The van der Waals surface area contributed by atoms with Crippen LogP contribution in [0.2, 0.25) is 0 Å². The molecule has 1 aromatic rings. The van der Waals surface area contributed by atoms with E-state index < -0.39 is 6.04 Å². The van der Waals surface area contributed by atoms with Crippen molar-refractivity contribution in [3.05, 3.63) is 35.9 Å². The maximum Gasteiger partial charge on any atom is 0.312 e. The Bertz CT molecular complexity index is 450. The second kappa shape index (κ2) is 7.05. The Hall–Kier alpha value is -1.88. The molecule has 5 heteroatoms. The van der Waals surface area contributed by atoms with Gasteiger partial charge in [-0.25, -0.2) is 0 Å². The van der Waals surface area contributed by atoms with Crippen LogP contribution < -0.4 is 5.32 Å². The molecular weight excluding hydrogens is 254 g/mol. The predicted octanol–water partition coefficient (Wildman–Crippen LogP) is 0.0285. The normalized spacial score (nSPS) is 19.6. The van der Waals surface area contributed by atoms with Gasteiger partial charge < -0.3 is 15.1 Å². The Morgan fingerprint density at radius 2 is 2.10 bits per heavy atom. The van der Waals surface area contributed by atoms with Crippen LogP contribution in [0.15, 0.2) is 30.3 Å². The Labute approximate surface area is 119 Å². The van der Waals surface area contributed by atoms with Gasteiger partial charge in [-0.3, -0.25) is 9.59 Å². The van der Waals surface area contributed by atoms with Gasteiger partial charge in [0.15, 0.2) is 0 Å². The van der Waals surface area contributed by atoms with Gasteiger partial charge in [-0.05, 0) is 19.0 Å². The van der Waals surface area contributed by atoms with Crippen LogP contribution in [0.25, 0.3) is 0 Å². The first-order valence-corrected chi connectivity index (χ1v) is 6.85. The van der Waals surface area contributed by atoms with E-state index in [1.807, 2.05) is 43.8 Å². The van der Waals surface area contributed by atoms with Gasteiger partial charge >= 0.3 is 6.41 Å². The van der Waals surface area contributed by atoms with Crippen LogP contribution in [-0.4, -0.2) is 61.4 Å². The number of hydrogen-bond donors (Lipinski definition) is 1. The summed E-state index contributed by atoms with van der Waals surface area (Å²) >= 11 is 0. The minimum atomic E-state index is -0.429. The maximum absolute atomic E-state index is 12.1. The predicted molar refractivity (Wildman–Crippen MR) is 76.8 cm³/mol. The largest absolute Gasteiger partial charge is 0.354 e. The van der Waals surface area contributed by atoms with Crippen LogP contribution >= 0.6 is 0 Å². The molecule has 1 radical (unpaired) electrons. The van der Waals surface area contributed by atoms with E-state index in [1.54, 1.807) is 0 Å². The molecule has 0 aliphatic carbocycles. The SMILES string of the molecule is CN1CCN([C]=O)C(C(=O)NCCc2ccccc2)C1. The summed E-state index contributed by atoms with van der Waals surface area (Å²) in [5.74, 6) is -0.101. The summed E-state index contributed by atoms with van der Waals surface area (Å²) in [6.45, 7) is 2.47. The number of rotatable bonds is 5. The third kappa shape index (κ3) is 3.81. The topological polar surface area (TPSA) is 52.7 Å². The van der Waals surface area contributed by atoms with E-state index in [-0.39, 0.29) is 5.91 Å². The third-order valence-corrected chi connectivity index (χ3v) is 3.56. The summed E-state index contributed by atoms with van der Waals surface area (Å²) in [5.41, 5.74) is 1.19. The van der Waals surface area contributed by atoms with Crippen LogP contribution in [-0.2, 0) is 16.0 Å². The fourth-order valence-corrected chi connectivity index (χ4v) is 2.35. The van der Waals surface area contributed by atoms with Crippen molar-refractivity contribution in [3.63, 3.8) is 0 Å². The van der Waals surface area contributed by atoms with Gasteiger partial charge in [0.05, 0.1) is 0 Å². The summed E-state index contributed by atoms with van der Waals surface area (Å²) < 4.78 is 0. The van der Waals surface area contributed by atoms with Crippen LogP contribution in [0.5, 0.6) is 0 Å². The number of benzene rings is 1. The smallest absolute Gasteiger partial charge is 0.312 e. The number of nitrogens with zero attached hydrogens (tertiary/aromatic N) is 2. The average Bonchev–Trinajstić information content (AvgIpc) is 2.48. The van der Waals surface area contributed by atoms with Crippen LogP contribution in [0.3, 0.4) is 0 Å². The van der Waals surface area contributed by atoms with E-state index in [0.29, 0.717) is 19.6 Å².